The van der Waals surface area contributed by atoms with E-state index >= 15 is 0 Å². The van der Waals surface area contributed by atoms with Gasteiger partial charge >= 0.3 is 0 Å². The molecule has 16 heavy (non-hydrogen) atoms. The molecule has 0 saturated carbocycles. The summed E-state index contributed by atoms with van der Waals surface area (Å²) in [6.45, 7) is 4.05. The molecule has 0 radical (unpaired) electrons. The Balaban J connectivity index is 2.20. The zero-order chi connectivity index (χ0) is 11.4. The van der Waals surface area contributed by atoms with Gasteiger partial charge in [-0.05, 0) is 26.0 Å². The first-order chi connectivity index (χ1) is 7.75. The van der Waals surface area contributed by atoms with Gasteiger partial charge in [0.05, 0.1) is 18.1 Å². The summed E-state index contributed by atoms with van der Waals surface area (Å²) in [5.74, 6) is 0. The summed E-state index contributed by atoms with van der Waals surface area (Å²) >= 11 is 0. The predicted octanol–water partition coefficient (Wildman–Crippen LogP) is 2.09. The summed E-state index contributed by atoms with van der Waals surface area (Å²) in [5.41, 5.74) is 1.77. The number of aliphatic imine (C=N–C) groups is 1. The lowest BCUT2D eigenvalue weighted by molar-refractivity contribution is 0.802. The van der Waals surface area contributed by atoms with Gasteiger partial charge in [-0.2, -0.15) is 0 Å². The van der Waals surface area contributed by atoms with Gasteiger partial charge in [-0.15, -0.1) is 5.10 Å². The lowest BCUT2D eigenvalue weighted by Crippen LogP contribution is -1.93. The van der Waals surface area contributed by atoms with Crippen molar-refractivity contribution in [2.75, 3.05) is 0 Å². The molecule has 0 aliphatic rings. The first-order valence-corrected chi connectivity index (χ1v) is 5.26. The fraction of sp³-hybridized carbons (Fsp3) is 0.250. The Hall–Kier alpha value is -1.97. The van der Waals surface area contributed by atoms with Crippen LogP contribution in [0.2, 0.25) is 0 Å². The Morgan fingerprint density at radius 2 is 2.00 bits per heavy atom. The maximum absolute atomic E-state index is 4.26. The molecule has 2 aromatic rings. The quantitative estimate of drug-likeness (QED) is 0.734. The summed E-state index contributed by atoms with van der Waals surface area (Å²) in [6, 6.07) is 10.2. The second-order valence-corrected chi connectivity index (χ2v) is 3.80. The molecule has 0 aliphatic heterocycles. The van der Waals surface area contributed by atoms with E-state index in [1.165, 1.54) is 0 Å². The highest BCUT2D eigenvalue weighted by atomic mass is 15.4. The van der Waals surface area contributed by atoms with Gasteiger partial charge in [0, 0.05) is 6.04 Å². The van der Waals surface area contributed by atoms with Crippen LogP contribution in [0.25, 0.3) is 5.69 Å². The van der Waals surface area contributed by atoms with Gasteiger partial charge in [0.1, 0.15) is 5.69 Å². The molecular formula is C12H14N4. The van der Waals surface area contributed by atoms with Crippen molar-refractivity contribution in [3.8, 4) is 5.69 Å². The molecule has 0 bridgehead atoms. The SMILES string of the molecule is CC(C)N=Cc1cn(-c2ccccc2)nn1. The Morgan fingerprint density at radius 1 is 1.25 bits per heavy atom. The number of aromatic nitrogens is 3. The zero-order valence-electron chi connectivity index (χ0n) is 9.41. The van der Waals surface area contributed by atoms with Crippen LogP contribution in [0.1, 0.15) is 19.5 Å². The van der Waals surface area contributed by atoms with Gasteiger partial charge in [0.15, 0.2) is 0 Å². The fourth-order valence-corrected chi connectivity index (χ4v) is 1.27. The first kappa shape index (κ1) is 10.5. The normalized spacial score (nSPS) is 11.4. The molecule has 1 heterocycles. The van der Waals surface area contributed by atoms with Gasteiger partial charge < -0.3 is 0 Å². The molecule has 0 atom stereocenters. The molecule has 1 aromatic carbocycles. The zero-order valence-corrected chi connectivity index (χ0v) is 9.41. The van der Waals surface area contributed by atoms with Crippen LogP contribution in [0.5, 0.6) is 0 Å². The molecule has 0 fully saturated rings. The van der Waals surface area contributed by atoms with Gasteiger partial charge in [-0.3, -0.25) is 4.99 Å². The molecule has 0 aliphatic carbocycles. The predicted molar refractivity (Wildman–Crippen MR) is 64.1 cm³/mol. The standard InChI is InChI=1S/C12H14N4/c1-10(2)13-8-11-9-16(15-14-11)12-6-4-3-5-7-12/h3-10H,1-2H3. The molecule has 1 aromatic heterocycles. The van der Waals surface area contributed by atoms with Gasteiger partial charge in [-0.1, -0.05) is 23.4 Å². The summed E-state index contributed by atoms with van der Waals surface area (Å²) in [6.07, 6.45) is 3.61. The smallest absolute Gasteiger partial charge is 0.124 e. The fourth-order valence-electron chi connectivity index (χ4n) is 1.27. The molecule has 4 heteroatoms. The highest BCUT2D eigenvalue weighted by molar-refractivity contribution is 5.76. The van der Waals surface area contributed by atoms with Crippen LogP contribution in [-0.4, -0.2) is 27.3 Å². The molecule has 2 rings (SSSR count). The van der Waals surface area contributed by atoms with E-state index in [0.29, 0.717) is 0 Å². The summed E-state index contributed by atoms with van der Waals surface area (Å²) in [7, 11) is 0. The third kappa shape index (κ3) is 2.53. The van der Waals surface area contributed by atoms with E-state index in [-0.39, 0.29) is 6.04 Å². The molecule has 82 valence electrons. The van der Waals surface area contributed by atoms with E-state index in [1.54, 1.807) is 10.9 Å². The van der Waals surface area contributed by atoms with Crippen molar-refractivity contribution in [2.45, 2.75) is 19.9 Å². The van der Waals surface area contributed by atoms with Crippen molar-refractivity contribution in [3.63, 3.8) is 0 Å². The summed E-state index contributed by atoms with van der Waals surface area (Å²) in [5, 5.41) is 8.07. The number of hydrogen-bond donors (Lipinski definition) is 0. The minimum Gasteiger partial charge on any atom is -0.288 e. The van der Waals surface area contributed by atoms with Crippen molar-refractivity contribution in [1.29, 1.82) is 0 Å². The van der Waals surface area contributed by atoms with Crippen molar-refractivity contribution in [2.24, 2.45) is 4.99 Å². The third-order valence-electron chi connectivity index (χ3n) is 2.04. The molecular weight excluding hydrogens is 200 g/mol. The minimum atomic E-state index is 0.280. The van der Waals surface area contributed by atoms with Gasteiger partial charge in [-0.25, -0.2) is 4.68 Å². The summed E-state index contributed by atoms with van der Waals surface area (Å²) in [4.78, 5) is 4.26. The highest BCUT2D eigenvalue weighted by Gasteiger charge is 1.99. The Kier molecular flexibility index (Phi) is 3.10. The first-order valence-electron chi connectivity index (χ1n) is 5.26. The molecule has 0 saturated heterocycles. The van der Waals surface area contributed by atoms with E-state index in [2.05, 4.69) is 15.3 Å². The molecule has 0 unspecified atom stereocenters. The molecule has 0 amide bonds. The Bertz CT molecular complexity index is 471. The monoisotopic (exact) mass is 214 g/mol. The number of hydrogen-bond acceptors (Lipinski definition) is 3. The number of para-hydroxylation sites is 1. The topological polar surface area (TPSA) is 43.1 Å². The van der Waals surface area contributed by atoms with Crippen molar-refractivity contribution in [1.82, 2.24) is 15.0 Å². The van der Waals surface area contributed by atoms with Crippen molar-refractivity contribution < 1.29 is 0 Å². The third-order valence-corrected chi connectivity index (χ3v) is 2.04. The number of nitrogens with zero attached hydrogens (tertiary/aromatic N) is 4. The average molecular weight is 214 g/mol. The average Bonchev–Trinajstić information content (AvgIpc) is 2.76. The van der Waals surface area contributed by atoms with Crippen LogP contribution >= 0.6 is 0 Å². The summed E-state index contributed by atoms with van der Waals surface area (Å²) < 4.78 is 1.74. The van der Waals surface area contributed by atoms with Crippen LogP contribution in [0, 0.1) is 0 Å². The van der Waals surface area contributed by atoms with Crippen LogP contribution in [0.4, 0.5) is 0 Å². The van der Waals surface area contributed by atoms with E-state index in [4.69, 9.17) is 0 Å². The maximum atomic E-state index is 4.26. The second kappa shape index (κ2) is 4.70. The van der Waals surface area contributed by atoms with Crippen LogP contribution < -0.4 is 0 Å². The second-order valence-electron chi connectivity index (χ2n) is 3.80. The Morgan fingerprint density at radius 3 is 2.69 bits per heavy atom. The van der Waals surface area contributed by atoms with E-state index in [1.807, 2.05) is 50.4 Å². The van der Waals surface area contributed by atoms with E-state index in [0.717, 1.165) is 11.4 Å². The van der Waals surface area contributed by atoms with Crippen LogP contribution in [0.15, 0.2) is 41.5 Å². The Labute approximate surface area is 94.6 Å². The van der Waals surface area contributed by atoms with Crippen LogP contribution in [0.3, 0.4) is 0 Å². The molecule has 0 N–H and O–H groups in total. The number of benzene rings is 1. The highest BCUT2D eigenvalue weighted by Crippen LogP contribution is 2.04. The molecule has 4 nitrogen and oxygen atoms in total. The van der Waals surface area contributed by atoms with Gasteiger partial charge in [0.25, 0.3) is 0 Å². The lowest BCUT2D eigenvalue weighted by Gasteiger charge is -1.96. The van der Waals surface area contributed by atoms with Crippen molar-refractivity contribution in [3.05, 3.63) is 42.2 Å². The largest absolute Gasteiger partial charge is 0.288 e. The van der Waals surface area contributed by atoms with Gasteiger partial charge in [0.2, 0.25) is 0 Å². The van der Waals surface area contributed by atoms with E-state index < -0.39 is 0 Å². The lowest BCUT2D eigenvalue weighted by atomic mass is 10.3. The van der Waals surface area contributed by atoms with Crippen molar-refractivity contribution >= 4 is 6.21 Å². The maximum Gasteiger partial charge on any atom is 0.124 e. The van der Waals surface area contributed by atoms with E-state index in [9.17, 15) is 0 Å². The number of rotatable bonds is 3. The minimum absolute atomic E-state index is 0.280. The molecule has 0 spiro atoms. The van der Waals surface area contributed by atoms with Crippen LogP contribution in [-0.2, 0) is 0 Å².